The quantitative estimate of drug-likeness (QED) is 0.865. The maximum atomic E-state index is 13.0. The molecular formula is C22H31N3O3. The van der Waals surface area contributed by atoms with Crippen molar-refractivity contribution in [1.29, 1.82) is 0 Å². The predicted molar refractivity (Wildman–Crippen MR) is 107 cm³/mol. The summed E-state index contributed by atoms with van der Waals surface area (Å²) in [5, 5.41) is 2.89. The smallest absolute Gasteiger partial charge is 0.251 e. The van der Waals surface area contributed by atoms with Crippen LogP contribution in [0.4, 0.5) is 0 Å². The summed E-state index contributed by atoms with van der Waals surface area (Å²) in [6, 6.07) is 5.33. The molecule has 0 unspecified atom stereocenters. The van der Waals surface area contributed by atoms with Gasteiger partial charge in [0.15, 0.2) is 0 Å². The fourth-order valence-electron chi connectivity index (χ4n) is 5.52. The number of pyridine rings is 1. The van der Waals surface area contributed by atoms with Crippen molar-refractivity contribution < 1.29 is 9.59 Å². The SMILES string of the molecule is CC(=O)NC[C@H]1[C@H]2C[C@H](CN(C(=O)CC3CCCCC3)C2)c2cccc(=O)n21. The van der Waals surface area contributed by atoms with Crippen molar-refractivity contribution in [3.05, 3.63) is 34.2 Å². The molecule has 152 valence electrons. The van der Waals surface area contributed by atoms with Gasteiger partial charge in [-0.1, -0.05) is 25.3 Å². The highest BCUT2D eigenvalue weighted by molar-refractivity contribution is 5.76. The minimum Gasteiger partial charge on any atom is -0.354 e. The van der Waals surface area contributed by atoms with Crippen molar-refractivity contribution >= 4 is 11.8 Å². The summed E-state index contributed by atoms with van der Waals surface area (Å²) in [6.07, 6.45) is 7.79. The fourth-order valence-corrected chi connectivity index (χ4v) is 5.52. The normalized spacial score (nSPS) is 27.2. The Morgan fingerprint density at radius 1 is 1.14 bits per heavy atom. The Morgan fingerprint density at radius 2 is 1.93 bits per heavy atom. The van der Waals surface area contributed by atoms with Crippen molar-refractivity contribution in [2.24, 2.45) is 11.8 Å². The second-order valence-electron chi connectivity index (χ2n) is 8.86. The second-order valence-corrected chi connectivity index (χ2v) is 8.86. The number of rotatable bonds is 4. The standard InChI is InChI=1S/C22H31N3O3/c1-15(26)23-12-20-18-11-17(19-8-5-9-21(27)25(19)20)13-24(14-18)22(28)10-16-6-3-2-4-7-16/h5,8-9,16-18,20H,2-4,6-7,10-14H2,1H3,(H,23,26)/t17-,18+,20+/m1/s1. The number of likely N-dealkylation sites (tertiary alicyclic amines) is 1. The number of hydrogen-bond donors (Lipinski definition) is 1. The van der Waals surface area contributed by atoms with E-state index in [2.05, 4.69) is 5.32 Å². The van der Waals surface area contributed by atoms with Crippen molar-refractivity contribution in [1.82, 2.24) is 14.8 Å². The van der Waals surface area contributed by atoms with Crippen LogP contribution in [0.25, 0.3) is 0 Å². The van der Waals surface area contributed by atoms with Crippen LogP contribution in [-0.4, -0.2) is 40.9 Å². The lowest BCUT2D eigenvalue weighted by atomic mass is 9.78. The number of fused-ring (bicyclic) bond motifs is 4. The summed E-state index contributed by atoms with van der Waals surface area (Å²) in [7, 11) is 0. The molecule has 6 heteroatoms. The van der Waals surface area contributed by atoms with Gasteiger partial charge in [0.1, 0.15) is 0 Å². The molecule has 1 saturated heterocycles. The molecule has 0 radical (unpaired) electrons. The van der Waals surface area contributed by atoms with Crippen LogP contribution in [-0.2, 0) is 9.59 Å². The van der Waals surface area contributed by atoms with E-state index in [4.69, 9.17) is 0 Å². The van der Waals surface area contributed by atoms with Gasteiger partial charge in [-0.05, 0) is 37.2 Å². The lowest BCUT2D eigenvalue weighted by Gasteiger charge is -2.47. The van der Waals surface area contributed by atoms with Crippen LogP contribution in [0.2, 0.25) is 0 Å². The van der Waals surface area contributed by atoms with Crippen LogP contribution in [0, 0.1) is 11.8 Å². The Bertz CT molecular complexity index is 796. The van der Waals surface area contributed by atoms with Gasteiger partial charge in [0.05, 0.1) is 6.04 Å². The average molecular weight is 386 g/mol. The van der Waals surface area contributed by atoms with Crippen LogP contribution >= 0.6 is 0 Å². The number of aromatic nitrogens is 1. The number of carbonyl (C=O) groups is 2. The highest BCUT2D eigenvalue weighted by Crippen LogP contribution is 2.41. The molecule has 1 aromatic heterocycles. The molecule has 28 heavy (non-hydrogen) atoms. The summed E-state index contributed by atoms with van der Waals surface area (Å²) in [4.78, 5) is 39.2. The molecule has 3 heterocycles. The van der Waals surface area contributed by atoms with Gasteiger partial charge >= 0.3 is 0 Å². The Hall–Kier alpha value is -2.11. The molecule has 4 rings (SSSR count). The van der Waals surface area contributed by atoms with Gasteiger partial charge in [0.25, 0.3) is 5.56 Å². The zero-order valence-corrected chi connectivity index (χ0v) is 16.7. The van der Waals surface area contributed by atoms with E-state index in [1.165, 1.54) is 39.0 Å². The maximum absolute atomic E-state index is 13.0. The van der Waals surface area contributed by atoms with E-state index in [0.717, 1.165) is 12.1 Å². The van der Waals surface area contributed by atoms with E-state index in [1.54, 1.807) is 6.07 Å². The summed E-state index contributed by atoms with van der Waals surface area (Å²) in [5.41, 5.74) is 0.999. The Morgan fingerprint density at radius 3 is 2.68 bits per heavy atom. The van der Waals surface area contributed by atoms with E-state index >= 15 is 0 Å². The first kappa shape index (κ1) is 19.2. The third-order valence-electron chi connectivity index (χ3n) is 6.90. The molecule has 1 aliphatic carbocycles. The van der Waals surface area contributed by atoms with Crippen LogP contribution in [0.3, 0.4) is 0 Å². The molecule has 3 aliphatic rings. The van der Waals surface area contributed by atoms with Gasteiger partial charge in [0.2, 0.25) is 11.8 Å². The highest BCUT2D eigenvalue weighted by Gasteiger charge is 2.41. The van der Waals surface area contributed by atoms with Gasteiger partial charge in [0, 0.05) is 50.7 Å². The van der Waals surface area contributed by atoms with Crippen LogP contribution in [0.15, 0.2) is 23.0 Å². The first-order valence-electron chi connectivity index (χ1n) is 10.8. The minimum absolute atomic E-state index is 0.00969. The summed E-state index contributed by atoms with van der Waals surface area (Å²) in [6.45, 7) is 3.33. The molecule has 0 aromatic carbocycles. The van der Waals surface area contributed by atoms with Gasteiger partial charge in [-0.15, -0.1) is 0 Å². The van der Waals surface area contributed by atoms with Crippen molar-refractivity contribution in [2.45, 2.75) is 63.8 Å². The number of nitrogens with zero attached hydrogens (tertiary/aromatic N) is 2. The molecule has 0 spiro atoms. The monoisotopic (exact) mass is 385 g/mol. The average Bonchev–Trinajstić information content (AvgIpc) is 2.69. The van der Waals surface area contributed by atoms with E-state index in [-0.39, 0.29) is 35.3 Å². The summed E-state index contributed by atoms with van der Waals surface area (Å²) >= 11 is 0. The molecule has 1 saturated carbocycles. The highest BCUT2D eigenvalue weighted by atomic mass is 16.2. The lowest BCUT2D eigenvalue weighted by Crippen LogP contribution is -2.53. The molecule has 2 fully saturated rings. The van der Waals surface area contributed by atoms with Gasteiger partial charge in [-0.3, -0.25) is 14.4 Å². The molecule has 3 atom stereocenters. The van der Waals surface area contributed by atoms with Crippen LogP contribution in [0.1, 0.15) is 69.5 Å². The van der Waals surface area contributed by atoms with Crippen molar-refractivity contribution in [2.75, 3.05) is 19.6 Å². The topological polar surface area (TPSA) is 71.4 Å². The molecule has 1 N–H and O–H groups in total. The molecule has 2 bridgehead atoms. The first-order chi connectivity index (χ1) is 13.5. The molecule has 6 nitrogen and oxygen atoms in total. The zero-order valence-electron chi connectivity index (χ0n) is 16.7. The largest absolute Gasteiger partial charge is 0.354 e. The lowest BCUT2D eigenvalue weighted by molar-refractivity contribution is -0.135. The van der Waals surface area contributed by atoms with Crippen LogP contribution < -0.4 is 10.9 Å². The van der Waals surface area contributed by atoms with E-state index in [1.807, 2.05) is 21.6 Å². The van der Waals surface area contributed by atoms with Gasteiger partial charge < -0.3 is 14.8 Å². The van der Waals surface area contributed by atoms with Gasteiger partial charge in [-0.2, -0.15) is 0 Å². The Labute approximate surface area is 166 Å². The van der Waals surface area contributed by atoms with E-state index in [9.17, 15) is 14.4 Å². The minimum atomic E-state index is -0.0892. The first-order valence-corrected chi connectivity index (χ1v) is 10.8. The number of piperidine rings is 1. The number of carbonyl (C=O) groups excluding carboxylic acids is 2. The van der Waals surface area contributed by atoms with E-state index < -0.39 is 0 Å². The second kappa shape index (κ2) is 8.10. The molecule has 2 aliphatic heterocycles. The Balaban J connectivity index is 1.55. The zero-order chi connectivity index (χ0) is 19.7. The number of amides is 2. The van der Waals surface area contributed by atoms with Crippen molar-refractivity contribution in [3.63, 3.8) is 0 Å². The summed E-state index contributed by atoms with van der Waals surface area (Å²) < 4.78 is 1.87. The number of nitrogens with one attached hydrogen (secondary N) is 1. The maximum Gasteiger partial charge on any atom is 0.251 e. The number of hydrogen-bond acceptors (Lipinski definition) is 3. The van der Waals surface area contributed by atoms with E-state index in [0.29, 0.717) is 32.0 Å². The molecule has 2 amide bonds. The fraction of sp³-hybridized carbons (Fsp3) is 0.682. The third kappa shape index (κ3) is 3.87. The van der Waals surface area contributed by atoms with Gasteiger partial charge in [-0.25, -0.2) is 0 Å². The molecular weight excluding hydrogens is 354 g/mol. The Kier molecular flexibility index (Phi) is 5.56. The van der Waals surface area contributed by atoms with Crippen LogP contribution in [0.5, 0.6) is 0 Å². The van der Waals surface area contributed by atoms with Crippen molar-refractivity contribution in [3.8, 4) is 0 Å². The predicted octanol–water partition coefficient (Wildman–Crippen LogP) is 2.44. The summed E-state index contributed by atoms with van der Waals surface area (Å²) in [5.74, 6) is 1.12. The third-order valence-corrected chi connectivity index (χ3v) is 6.90. The molecule has 1 aromatic rings.